The van der Waals surface area contributed by atoms with Crippen LogP contribution in [0.2, 0.25) is 0 Å². The lowest BCUT2D eigenvalue weighted by atomic mass is 9.51. The number of unbranched alkanes of at least 4 members (excludes halogenated alkanes) is 12. The molecule has 23 heteroatoms. The molecule has 2 bridgehead atoms. The smallest absolute Gasteiger partial charge is 0.335 e. The third kappa shape index (κ3) is 20.8. The minimum atomic E-state index is -0.990. The van der Waals surface area contributed by atoms with Crippen molar-refractivity contribution in [3.8, 4) is 5.75 Å². The second-order valence-electron chi connectivity index (χ2n) is 23.4. The van der Waals surface area contributed by atoms with E-state index in [1.54, 1.807) is 7.05 Å². The maximum absolute atomic E-state index is 14.3. The third-order valence-corrected chi connectivity index (χ3v) is 17.1. The number of benzene rings is 4. The van der Waals surface area contributed by atoms with E-state index in [1.165, 1.54) is 29.2 Å². The summed E-state index contributed by atoms with van der Waals surface area (Å²) < 4.78 is 41.6. The van der Waals surface area contributed by atoms with Crippen molar-refractivity contribution >= 4 is 64.0 Å². The van der Waals surface area contributed by atoms with Crippen LogP contribution in [0.25, 0.3) is 10.4 Å². The van der Waals surface area contributed by atoms with Gasteiger partial charge in [-0.2, -0.15) is 8.42 Å². The van der Waals surface area contributed by atoms with Crippen LogP contribution in [0.1, 0.15) is 181 Å². The monoisotopic (exact) mass is 1250 g/mol. The fraction of sp³-hybridized carbons (Fsp3) is 0.545. The molecule has 0 aromatic heterocycles. The van der Waals surface area contributed by atoms with Crippen molar-refractivity contribution in [2.75, 3.05) is 75.5 Å². The topological polar surface area (TPSA) is 333 Å². The Morgan fingerprint density at radius 1 is 0.618 bits per heavy atom. The summed E-state index contributed by atoms with van der Waals surface area (Å²) in [5.41, 5.74) is 33.1. The van der Waals surface area contributed by atoms with E-state index in [9.17, 15) is 33.2 Å². The van der Waals surface area contributed by atoms with Gasteiger partial charge in [-0.05, 0) is 177 Å². The van der Waals surface area contributed by atoms with E-state index >= 15 is 0 Å². The van der Waals surface area contributed by atoms with Crippen LogP contribution in [-0.4, -0.2) is 114 Å². The average molecular weight is 1250 g/mol. The number of halogens is 1. The lowest BCUT2D eigenvalue weighted by molar-refractivity contribution is -0.140. The molecule has 10 N–H and O–H groups in total. The highest BCUT2D eigenvalue weighted by Crippen LogP contribution is 2.62. The van der Waals surface area contributed by atoms with Gasteiger partial charge in [-0.3, -0.25) is 28.8 Å². The zero-order valence-corrected chi connectivity index (χ0v) is 52.2. The molecule has 1 saturated carbocycles. The predicted octanol–water partition coefficient (Wildman–Crippen LogP) is 9.73. The molecule has 4 aromatic carbocycles. The van der Waals surface area contributed by atoms with Gasteiger partial charge in [-0.1, -0.05) is 81.1 Å². The Labute approximate surface area is 525 Å². The summed E-state index contributed by atoms with van der Waals surface area (Å²) in [5, 5.41) is 16.4. The van der Waals surface area contributed by atoms with Crippen LogP contribution < -0.4 is 43.2 Å². The van der Waals surface area contributed by atoms with Gasteiger partial charge in [-0.25, -0.2) is 4.39 Å². The second kappa shape index (κ2) is 37.6. The second-order valence-corrected chi connectivity index (χ2v) is 23.5. The van der Waals surface area contributed by atoms with Crippen LogP contribution in [0, 0.1) is 17.7 Å². The fourth-order valence-corrected chi connectivity index (χ4v) is 12.6. The van der Waals surface area contributed by atoms with Crippen LogP contribution in [0.15, 0.2) is 84.0 Å². The highest BCUT2D eigenvalue weighted by atomic mass is 32.1. The van der Waals surface area contributed by atoms with Crippen molar-refractivity contribution in [1.29, 1.82) is 0 Å². The van der Waals surface area contributed by atoms with Crippen molar-refractivity contribution in [2.24, 2.45) is 34.2 Å². The summed E-state index contributed by atoms with van der Waals surface area (Å²) >= 11 is -0.750. The zero-order valence-electron chi connectivity index (χ0n) is 51.4. The number of nitrogens with zero attached hydrogens (tertiary/aromatic N) is 4. The van der Waals surface area contributed by atoms with Gasteiger partial charge in [0, 0.05) is 97.0 Å². The van der Waals surface area contributed by atoms with Crippen LogP contribution in [0.5, 0.6) is 5.75 Å². The van der Waals surface area contributed by atoms with Crippen molar-refractivity contribution < 1.29 is 51.0 Å². The number of anilines is 3. The Balaban J connectivity index is 0.00000412. The zero-order chi connectivity index (χ0) is 64.0. The van der Waals surface area contributed by atoms with E-state index in [4.69, 9.17) is 40.6 Å². The van der Waals surface area contributed by atoms with Crippen LogP contribution in [0.4, 0.5) is 21.5 Å². The number of hydrogen-bond donors (Lipinski definition) is 7. The Morgan fingerprint density at radius 2 is 1.06 bits per heavy atom. The first-order valence-corrected chi connectivity index (χ1v) is 32.3. The Kier molecular flexibility index (Phi) is 29.8. The molecule has 89 heavy (non-hydrogen) atoms. The first-order valence-electron chi connectivity index (χ1n) is 31.6. The molecule has 3 atom stereocenters. The number of nitrogens with two attached hydrogens (primary N) is 3. The van der Waals surface area contributed by atoms with Gasteiger partial charge in [0.05, 0.1) is 13.2 Å². The molecule has 0 saturated heterocycles. The van der Waals surface area contributed by atoms with E-state index in [0.29, 0.717) is 61.7 Å². The highest BCUT2D eigenvalue weighted by Gasteiger charge is 2.52. The molecular formula is C66H90FN11O10S. The summed E-state index contributed by atoms with van der Waals surface area (Å²) in [6.45, 7) is 2.27. The van der Waals surface area contributed by atoms with Gasteiger partial charge in [0.25, 0.3) is 0 Å². The van der Waals surface area contributed by atoms with Gasteiger partial charge in [0.15, 0.2) is 5.78 Å². The normalized spacial score (nSPS) is 17.3. The Morgan fingerprint density at radius 3 is 1.51 bits per heavy atom. The number of carbonyl (C=O) groups is 6. The largest absolute Gasteiger partial charge is 0.486 e. The minimum absolute atomic E-state index is 0.0650. The number of ketones is 1. The lowest BCUT2D eigenvalue weighted by Gasteiger charge is -2.51. The molecule has 0 radical (unpaired) electrons. The molecule has 4 aliphatic carbocycles. The fourth-order valence-electron chi connectivity index (χ4n) is 12.6. The Bertz CT molecular complexity index is 2890. The molecule has 2 unspecified atom stereocenters. The number of amides is 5. The molecule has 0 aliphatic heterocycles. The molecule has 21 nitrogen and oxygen atoms in total. The van der Waals surface area contributed by atoms with Crippen molar-refractivity contribution in [1.82, 2.24) is 10.2 Å². The summed E-state index contributed by atoms with van der Waals surface area (Å²) in [6.07, 6.45) is 15.9. The molecule has 5 amide bonds. The molecule has 4 aliphatic rings. The minimum Gasteiger partial charge on any atom is -0.486 e. The third-order valence-electron chi connectivity index (χ3n) is 17.1. The molecule has 1 fully saturated rings. The Hall–Kier alpha value is -7.40. The maximum Gasteiger partial charge on any atom is 0.335 e. The molecule has 0 spiro atoms. The number of rotatable bonds is 39. The molecule has 4 aromatic rings. The first-order chi connectivity index (χ1) is 43.2. The van der Waals surface area contributed by atoms with Gasteiger partial charge in [0.2, 0.25) is 29.5 Å². The summed E-state index contributed by atoms with van der Waals surface area (Å²) in [5.74, 6) is -2.95. The maximum atomic E-state index is 14.3. The first kappa shape index (κ1) is 70.7. The van der Waals surface area contributed by atoms with Crippen molar-refractivity contribution in [2.45, 2.75) is 159 Å². The number of carbonyl (C=O) groups excluding carboxylic acids is 6. The SMILES string of the molecule is CN(CCOCCNC(=O)CCC12c3cc(NC(=O)CCCCCCCN)ccc3C(c3ccc(NC(=O)CCCCCCCN)cc31)c1ccc(NC(=O)CCCCCCCN)cc12)C(=O)C1C[C@H](N=[N+]=[N-])CC1C(=O)COc1ccc(F)cc1.O=S=O. The molecule has 8 rings (SSSR count). The van der Waals surface area contributed by atoms with Crippen molar-refractivity contribution in [3.05, 3.63) is 129 Å². The molecule has 482 valence electrons. The number of hydrogen-bond acceptors (Lipinski definition) is 14. The summed E-state index contributed by atoms with van der Waals surface area (Å²) in [4.78, 5) is 86.6. The summed E-state index contributed by atoms with van der Waals surface area (Å²) in [6, 6.07) is 23.0. The van der Waals surface area contributed by atoms with Gasteiger partial charge >= 0.3 is 11.6 Å². The van der Waals surface area contributed by atoms with Crippen molar-refractivity contribution in [3.63, 3.8) is 0 Å². The van der Waals surface area contributed by atoms with E-state index in [2.05, 4.69) is 49.5 Å². The van der Waals surface area contributed by atoms with E-state index in [1.807, 2.05) is 36.4 Å². The van der Waals surface area contributed by atoms with Crippen LogP contribution >= 0.6 is 0 Å². The van der Waals surface area contributed by atoms with Crippen LogP contribution in [-0.2, 0) is 50.5 Å². The molecule has 0 heterocycles. The molecular weight excluding hydrogens is 1160 g/mol. The standard InChI is InChI=1S/C66H90FN11O8.O2S/c1-78(65(84)55-40-49(76-77-71)39-54(55)59(79)44-86-50-25-20-45(67)21-26-50)36-38-85-37-35-72-60(80)30-31-66-56-41-46(73-61(81)17-11-5-2-8-14-32-68)22-27-51(56)64(52-28-23-47(42-57(52)66)74-62(82)18-12-6-3-9-15-33-69)53-29-24-48(43-58(53)66)75-63(83)19-13-7-4-10-16-34-70;1-3-2/h20-29,41-43,49,54-55,64H,2-19,30-40,44,68-70H2,1H3,(H,72,80)(H,73,81)(H,74,82)(H,75,83);/t49-,54?,55?,64?,66?;/m1./s1. The quantitative estimate of drug-likeness (QED) is 0.00948. The number of likely N-dealkylation sites (N-methyl/N-ethyl adjacent to an activating group) is 1. The predicted molar refractivity (Wildman–Crippen MR) is 342 cm³/mol. The van der Waals surface area contributed by atoms with E-state index in [-0.39, 0.29) is 99.8 Å². The van der Waals surface area contributed by atoms with E-state index < -0.39 is 40.7 Å². The summed E-state index contributed by atoms with van der Waals surface area (Å²) in [7, 11) is 1.62. The van der Waals surface area contributed by atoms with E-state index in [0.717, 1.165) is 130 Å². The van der Waals surface area contributed by atoms with Gasteiger partial charge in [0.1, 0.15) is 18.2 Å². The number of Topliss-reactive ketones (excluding diaryl/α,β-unsaturated/α-hetero) is 1. The van der Waals surface area contributed by atoms with Gasteiger partial charge < -0.3 is 52.8 Å². The average Bonchev–Trinajstić information content (AvgIpc) is 0.949. The number of ether oxygens (including phenoxy) is 2. The number of nitrogens with one attached hydrogen (secondary N) is 4. The lowest BCUT2D eigenvalue weighted by Crippen LogP contribution is -2.43. The van der Waals surface area contributed by atoms with Gasteiger partial charge in [-0.15, -0.1) is 0 Å². The number of azide groups is 1. The van der Waals surface area contributed by atoms with Crippen LogP contribution in [0.3, 0.4) is 0 Å². The highest BCUT2D eigenvalue weighted by molar-refractivity contribution is 7.51.